The highest BCUT2D eigenvalue weighted by Crippen LogP contribution is 2.42. The van der Waals surface area contributed by atoms with Crippen LogP contribution in [-0.2, 0) is 11.3 Å². The van der Waals surface area contributed by atoms with E-state index in [0.717, 1.165) is 19.7 Å². The van der Waals surface area contributed by atoms with Crippen LogP contribution in [0.25, 0.3) is 6.08 Å². The van der Waals surface area contributed by atoms with Crippen molar-refractivity contribution in [2.75, 3.05) is 13.1 Å². The van der Waals surface area contributed by atoms with Gasteiger partial charge in [-0.2, -0.15) is 0 Å². The third-order valence-corrected chi connectivity index (χ3v) is 4.18. The van der Waals surface area contributed by atoms with Gasteiger partial charge in [0.25, 0.3) is 0 Å². The van der Waals surface area contributed by atoms with E-state index < -0.39 is 0 Å². The smallest absolute Gasteiger partial charge is 0.0863 e. The molecule has 1 aromatic carbocycles. The summed E-state index contributed by atoms with van der Waals surface area (Å²) in [4.78, 5) is 0. The zero-order valence-electron chi connectivity index (χ0n) is 11.8. The molecule has 0 spiro atoms. The van der Waals surface area contributed by atoms with Gasteiger partial charge in [0.1, 0.15) is 0 Å². The molecular formula is C16H22ClNO. The lowest BCUT2D eigenvalue weighted by molar-refractivity contribution is -0.0518. The number of benzene rings is 1. The summed E-state index contributed by atoms with van der Waals surface area (Å²) in [6.07, 6.45) is 2.26. The Kier molecular flexibility index (Phi) is 4.05. The van der Waals surface area contributed by atoms with Gasteiger partial charge in [-0.25, -0.2) is 0 Å². The molecule has 1 fully saturated rings. The highest BCUT2D eigenvalue weighted by molar-refractivity contribution is 5.85. The summed E-state index contributed by atoms with van der Waals surface area (Å²) in [7, 11) is 0. The molecule has 0 bridgehead atoms. The Bertz CT molecular complexity index is 507. The van der Waals surface area contributed by atoms with Crippen molar-refractivity contribution < 1.29 is 4.74 Å². The second kappa shape index (κ2) is 5.28. The summed E-state index contributed by atoms with van der Waals surface area (Å²) >= 11 is 0. The maximum Gasteiger partial charge on any atom is 0.0863 e. The quantitative estimate of drug-likeness (QED) is 0.849. The van der Waals surface area contributed by atoms with Crippen LogP contribution in [0.1, 0.15) is 43.4 Å². The van der Waals surface area contributed by atoms with Crippen LogP contribution in [0.3, 0.4) is 0 Å². The molecule has 19 heavy (non-hydrogen) atoms. The highest BCUT2D eigenvalue weighted by Gasteiger charge is 2.44. The molecule has 0 aromatic heterocycles. The zero-order chi connectivity index (χ0) is 12.8. The van der Waals surface area contributed by atoms with Gasteiger partial charge < -0.3 is 10.1 Å². The van der Waals surface area contributed by atoms with Gasteiger partial charge in [-0.3, -0.25) is 0 Å². The molecule has 1 N–H and O–H groups in total. The fourth-order valence-corrected chi connectivity index (χ4v) is 3.19. The van der Waals surface area contributed by atoms with E-state index in [0.29, 0.717) is 5.92 Å². The predicted octanol–water partition coefficient (Wildman–Crippen LogP) is 3.51. The maximum absolute atomic E-state index is 6.15. The van der Waals surface area contributed by atoms with E-state index in [1.54, 1.807) is 0 Å². The van der Waals surface area contributed by atoms with Crippen LogP contribution in [0.4, 0.5) is 0 Å². The molecule has 2 aliphatic heterocycles. The molecule has 1 saturated heterocycles. The summed E-state index contributed by atoms with van der Waals surface area (Å²) in [5, 5.41) is 3.47. The minimum absolute atomic E-state index is 0. The summed E-state index contributed by atoms with van der Waals surface area (Å²) in [6, 6.07) is 6.65. The molecule has 2 heterocycles. The van der Waals surface area contributed by atoms with Gasteiger partial charge in [0.15, 0.2) is 0 Å². The fourth-order valence-electron chi connectivity index (χ4n) is 3.19. The Labute approximate surface area is 121 Å². The van der Waals surface area contributed by atoms with Crippen molar-refractivity contribution in [1.82, 2.24) is 5.32 Å². The first-order chi connectivity index (χ1) is 8.60. The molecule has 104 valence electrons. The van der Waals surface area contributed by atoms with Gasteiger partial charge in [-0.05, 0) is 37.5 Å². The van der Waals surface area contributed by atoms with Crippen LogP contribution in [0.5, 0.6) is 0 Å². The Hall–Kier alpha value is -0.830. The number of fused-ring (bicyclic) bond motifs is 3. The zero-order valence-corrected chi connectivity index (χ0v) is 12.6. The van der Waals surface area contributed by atoms with Crippen molar-refractivity contribution in [2.45, 2.75) is 38.9 Å². The molecule has 2 aliphatic rings. The molecule has 0 aliphatic carbocycles. The standard InChI is InChI=1S/C16H21NO.ClH/c1-11(2)7-12-5-4-6-13-14(12)9-18-16(3)10-17-8-15(13)16;/h4-7,15,17H,8-10H2,1-3H3;1H/t15-,16-;/m0./s1. The van der Waals surface area contributed by atoms with E-state index in [1.807, 2.05) is 0 Å². The first kappa shape index (κ1) is 14.6. The molecule has 3 heteroatoms. The average molecular weight is 280 g/mol. The lowest BCUT2D eigenvalue weighted by Crippen LogP contribution is -2.39. The van der Waals surface area contributed by atoms with Crippen molar-refractivity contribution in [3.63, 3.8) is 0 Å². The molecular weight excluding hydrogens is 258 g/mol. The third kappa shape index (κ3) is 2.45. The lowest BCUT2D eigenvalue weighted by Gasteiger charge is -2.37. The Balaban J connectivity index is 0.00000133. The van der Waals surface area contributed by atoms with Crippen molar-refractivity contribution in [3.8, 4) is 0 Å². The van der Waals surface area contributed by atoms with Crippen LogP contribution >= 0.6 is 12.4 Å². The van der Waals surface area contributed by atoms with Crippen molar-refractivity contribution in [3.05, 3.63) is 40.5 Å². The molecule has 3 rings (SSSR count). The largest absolute Gasteiger partial charge is 0.369 e. The van der Waals surface area contributed by atoms with Crippen LogP contribution in [-0.4, -0.2) is 18.7 Å². The first-order valence-corrected chi connectivity index (χ1v) is 6.71. The number of hydrogen-bond donors (Lipinski definition) is 1. The first-order valence-electron chi connectivity index (χ1n) is 6.71. The topological polar surface area (TPSA) is 21.3 Å². The molecule has 2 nitrogen and oxygen atoms in total. The number of rotatable bonds is 1. The number of allylic oxidation sites excluding steroid dienone is 1. The van der Waals surface area contributed by atoms with E-state index in [1.165, 1.54) is 22.3 Å². The number of ether oxygens (including phenoxy) is 1. The summed E-state index contributed by atoms with van der Waals surface area (Å²) in [5.41, 5.74) is 5.49. The monoisotopic (exact) mass is 279 g/mol. The van der Waals surface area contributed by atoms with E-state index in [9.17, 15) is 0 Å². The molecule has 0 saturated carbocycles. The SMILES string of the molecule is CC(C)=Cc1cccc2c1CO[C@@]1(C)CNC[C@@H]21.Cl. The van der Waals surface area contributed by atoms with Crippen LogP contribution in [0.2, 0.25) is 0 Å². The second-order valence-corrected chi connectivity index (χ2v) is 5.92. The Morgan fingerprint density at radius 1 is 1.42 bits per heavy atom. The van der Waals surface area contributed by atoms with Gasteiger partial charge in [0.2, 0.25) is 0 Å². The summed E-state index contributed by atoms with van der Waals surface area (Å²) in [6.45, 7) is 9.25. The Morgan fingerprint density at radius 2 is 2.21 bits per heavy atom. The second-order valence-electron chi connectivity index (χ2n) is 5.92. The normalized spacial score (nSPS) is 28.1. The minimum Gasteiger partial charge on any atom is -0.369 e. The van der Waals surface area contributed by atoms with Crippen molar-refractivity contribution in [2.24, 2.45) is 0 Å². The van der Waals surface area contributed by atoms with Crippen LogP contribution < -0.4 is 5.32 Å². The van der Waals surface area contributed by atoms with Gasteiger partial charge in [-0.15, -0.1) is 12.4 Å². The van der Waals surface area contributed by atoms with Gasteiger partial charge in [0, 0.05) is 19.0 Å². The Morgan fingerprint density at radius 3 is 2.95 bits per heavy atom. The lowest BCUT2D eigenvalue weighted by atomic mass is 9.80. The highest BCUT2D eigenvalue weighted by atomic mass is 35.5. The summed E-state index contributed by atoms with van der Waals surface area (Å²) < 4.78 is 6.15. The molecule has 0 unspecified atom stereocenters. The molecule has 2 atom stereocenters. The summed E-state index contributed by atoms with van der Waals surface area (Å²) in [5.74, 6) is 0.492. The van der Waals surface area contributed by atoms with Gasteiger partial charge >= 0.3 is 0 Å². The molecule has 0 amide bonds. The van der Waals surface area contributed by atoms with Gasteiger partial charge in [-0.1, -0.05) is 29.8 Å². The van der Waals surface area contributed by atoms with Crippen molar-refractivity contribution >= 4 is 18.5 Å². The van der Waals surface area contributed by atoms with E-state index in [4.69, 9.17) is 4.74 Å². The number of hydrogen-bond acceptors (Lipinski definition) is 2. The third-order valence-electron chi connectivity index (χ3n) is 4.18. The molecule has 0 radical (unpaired) electrons. The van der Waals surface area contributed by atoms with Gasteiger partial charge in [0.05, 0.1) is 12.2 Å². The minimum atomic E-state index is -0.0173. The van der Waals surface area contributed by atoms with Crippen molar-refractivity contribution in [1.29, 1.82) is 0 Å². The predicted molar refractivity (Wildman–Crippen MR) is 81.8 cm³/mol. The molecule has 1 aromatic rings. The number of nitrogens with one attached hydrogen (secondary N) is 1. The van der Waals surface area contributed by atoms with Crippen LogP contribution in [0.15, 0.2) is 23.8 Å². The number of halogens is 1. The van der Waals surface area contributed by atoms with E-state index in [2.05, 4.69) is 50.4 Å². The average Bonchev–Trinajstić information content (AvgIpc) is 2.70. The maximum atomic E-state index is 6.15. The van der Waals surface area contributed by atoms with Crippen LogP contribution in [0, 0.1) is 0 Å². The van der Waals surface area contributed by atoms with E-state index in [-0.39, 0.29) is 18.0 Å². The fraction of sp³-hybridized carbons (Fsp3) is 0.500. The van der Waals surface area contributed by atoms with E-state index >= 15 is 0 Å².